The van der Waals surface area contributed by atoms with Crippen molar-refractivity contribution in [3.05, 3.63) is 102 Å². The van der Waals surface area contributed by atoms with Crippen molar-refractivity contribution in [2.24, 2.45) is 0 Å². The summed E-state index contributed by atoms with van der Waals surface area (Å²) in [6.07, 6.45) is 5.07. The van der Waals surface area contributed by atoms with E-state index in [1.807, 2.05) is 12.1 Å². The number of carbonyl (C=O) groups excluding carboxylic acids is 2. The average molecular weight is 538 g/mol. The zero-order valence-corrected chi connectivity index (χ0v) is 22.0. The number of hydrogen-bond acceptors (Lipinski definition) is 7. The highest BCUT2D eigenvalue weighted by atomic mass is 19.1. The summed E-state index contributed by atoms with van der Waals surface area (Å²) in [7, 11) is 2.12. The van der Waals surface area contributed by atoms with E-state index in [9.17, 15) is 14.0 Å². The number of fused-ring (bicyclic) bond motifs is 1. The summed E-state index contributed by atoms with van der Waals surface area (Å²) in [4.78, 5) is 46.5. The van der Waals surface area contributed by atoms with E-state index in [1.54, 1.807) is 48.9 Å². The van der Waals surface area contributed by atoms with Crippen LogP contribution in [0.3, 0.4) is 0 Å². The van der Waals surface area contributed by atoms with Gasteiger partial charge in [0, 0.05) is 55.9 Å². The van der Waals surface area contributed by atoms with Crippen LogP contribution in [0.1, 0.15) is 27.7 Å². The summed E-state index contributed by atoms with van der Waals surface area (Å²) in [5, 5.41) is 2.75. The molecular weight excluding hydrogens is 509 g/mol. The predicted molar refractivity (Wildman–Crippen MR) is 149 cm³/mol. The van der Waals surface area contributed by atoms with Gasteiger partial charge in [0.15, 0.2) is 0 Å². The van der Waals surface area contributed by atoms with Gasteiger partial charge in [-0.2, -0.15) is 0 Å². The highest BCUT2D eigenvalue weighted by Crippen LogP contribution is 2.34. The minimum atomic E-state index is -1.08. The molecule has 4 aromatic rings. The summed E-state index contributed by atoms with van der Waals surface area (Å²) in [6, 6.07) is 15.5. The fraction of sp³-hybridized carbons (Fsp3) is 0.233. The van der Waals surface area contributed by atoms with E-state index >= 15 is 0 Å². The Morgan fingerprint density at radius 3 is 2.48 bits per heavy atom. The van der Waals surface area contributed by atoms with Crippen molar-refractivity contribution < 1.29 is 14.0 Å². The molecule has 1 saturated heterocycles. The Morgan fingerprint density at radius 1 is 0.925 bits per heavy atom. The molecule has 2 aliphatic rings. The quantitative estimate of drug-likeness (QED) is 0.400. The standard InChI is InChI=1S/C30H28FN7O2/c1-36-11-13-37(14-12-36)27-9-8-21(17-34-27)22-16-24-25(33-18-22)19-38(30(24)40)28(20-5-4-6-23(31)15-20)29(39)35-26-7-2-3-10-32-26/h2-10,15-18,28H,11-14,19H2,1H3,(H,32,35,39). The lowest BCUT2D eigenvalue weighted by molar-refractivity contribution is -0.120. The number of pyridine rings is 3. The third-order valence-electron chi connectivity index (χ3n) is 7.33. The van der Waals surface area contributed by atoms with Gasteiger partial charge in [0.1, 0.15) is 23.5 Å². The number of rotatable bonds is 6. The molecule has 1 fully saturated rings. The fourth-order valence-corrected chi connectivity index (χ4v) is 5.12. The molecule has 10 heteroatoms. The Kier molecular flexibility index (Phi) is 6.91. The summed E-state index contributed by atoms with van der Waals surface area (Å²) in [5.74, 6) is -0.0764. The van der Waals surface area contributed by atoms with Crippen LogP contribution in [0.5, 0.6) is 0 Å². The van der Waals surface area contributed by atoms with Crippen LogP contribution in [0.15, 0.2) is 79.3 Å². The summed E-state index contributed by atoms with van der Waals surface area (Å²) < 4.78 is 14.2. The molecule has 1 aromatic carbocycles. The first kappa shape index (κ1) is 25.6. The van der Waals surface area contributed by atoms with Gasteiger partial charge in [0.05, 0.1) is 17.8 Å². The Labute approximate surface area is 231 Å². The van der Waals surface area contributed by atoms with E-state index in [-0.39, 0.29) is 12.5 Å². The first-order valence-electron chi connectivity index (χ1n) is 13.1. The summed E-state index contributed by atoms with van der Waals surface area (Å²) in [6.45, 7) is 3.95. The monoisotopic (exact) mass is 537 g/mol. The number of halogens is 1. The first-order chi connectivity index (χ1) is 19.5. The van der Waals surface area contributed by atoms with E-state index in [0.717, 1.165) is 43.1 Å². The average Bonchev–Trinajstić information content (AvgIpc) is 3.29. The number of hydrogen-bond donors (Lipinski definition) is 1. The lowest BCUT2D eigenvalue weighted by Crippen LogP contribution is -2.44. The molecule has 0 bridgehead atoms. The van der Waals surface area contributed by atoms with Crippen LogP contribution in [0.4, 0.5) is 16.0 Å². The first-order valence-corrected chi connectivity index (χ1v) is 13.1. The lowest BCUT2D eigenvalue weighted by Gasteiger charge is -2.33. The van der Waals surface area contributed by atoms with Crippen molar-refractivity contribution in [3.63, 3.8) is 0 Å². The Morgan fingerprint density at radius 2 is 1.75 bits per heavy atom. The number of nitrogens with one attached hydrogen (secondary N) is 1. The number of benzene rings is 1. The highest BCUT2D eigenvalue weighted by Gasteiger charge is 2.38. The van der Waals surface area contributed by atoms with Gasteiger partial charge in [-0.1, -0.05) is 18.2 Å². The van der Waals surface area contributed by atoms with Gasteiger partial charge < -0.3 is 20.0 Å². The van der Waals surface area contributed by atoms with Gasteiger partial charge in [-0.3, -0.25) is 14.6 Å². The van der Waals surface area contributed by atoms with E-state index in [4.69, 9.17) is 0 Å². The lowest BCUT2D eigenvalue weighted by atomic mass is 10.0. The molecule has 3 aromatic heterocycles. The van der Waals surface area contributed by atoms with Crippen LogP contribution in [0.25, 0.3) is 11.1 Å². The second-order valence-corrected chi connectivity index (χ2v) is 10.0. The van der Waals surface area contributed by atoms with E-state index < -0.39 is 17.8 Å². The normalized spacial score (nSPS) is 16.1. The van der Waals surface area contributed by atoms with Gasteiger partial charge in [-0.15, -0.1) is 0 Å². The minimum absolute atomic E-state index is 0.117. The predicted octanol–water partition coefficient (Wildman–Crippen LogP) is 3.77. The van der Waals surface area contributed by atoms with Crippen LogP contribution in [-0.4, -0.2) is 69.8 Å². The largest absolute Gasteiger partial charge is 0.354 e. The Balaban J connectivity index is 1.26. The maximum atomic E-state index is 14.2. The number of nitrogens with zero attached hydrogens (tertiary/aromatic N) is 6. The van der Waals surface area contributed by atoms with Gasteiger partial charge in [-0.25, -0.2) is 14.4 Å². The zero-order valence-electron chi connectivity index (χ0n) is 22.0. The second kappa shape index (κ2) is 10.8. The minimum Gasteiger partial charge on any atom is -0.354 e. The smallest absolute Gasteiger partial charge is 0.257 e. The second-order valence-electron chi connectivity index (χ2n) is 10.0. The van der Waals surface area contributed by atoms with E-state index in [1.165, 1.54) is 23.1 Å². The van der Waals surface area contributed by atoms with Gasteiger partial charge >= 0.3 is 0 Å². The molecule has 1 atom stereocenters. The Hall–Kier alpha value is -4.70. The fourth-order valence-electron chi connectivity index (χ4n) is 5.12. The number of aromatic nitrogens is 3. The maximum Gasteiger partial charge on any atom is 0.257 e. The molecule has 2 aliphatic heterocycles. The molecule has 0 spiro atoms. The molecule has 1 unspecified atom stereocenters. The molecule has 5 heterocycles. The molecule has 0 radical (unpaired) electrons. The van der Waals surface area contributed by atoms with Crippen molar-refractivity contribution >= 4 is 23.5 Å². The van der Waals surface area contributed by atoms with E-state index in [0.29, 0.717) is 22.6 Å². The molecule has 0 aliphatic carbocycles. The number of carbonyl (C=O) groups is 2. The van der Waals surface area contributed by atoms with Gasteiger partial charge in [0.2, 0.25) is 0 Å². The Bertz CT molecular complexity index is 1540. The molecule has 202 valence electrons. The van der Waals surface area contributed by atoms with E-state index in [2.05, 4.69) is 37.1 Å². The van der Waals surface area contributed by atoms with Crippen LogP contribution < -0.4 is 10.2 Å². The van der Waals surface area contributed by atoms with Crippen LogP contribution in [0, 0.1) is 5.82 Å². The third-order valence-corrected chi connectivity index (χ3v) is 7.33. The molecule has 1 N–H and O–H groups in total. The summed E-state index contributed by atoms with van der Waals surface area (Å²) in [5.41, 5.74) is 2.93. The van der Waals surface area contributed by atoms with Crippen molar-refractivity contribution in [1.82, 2.24) is 24.8 Å². The highest BCUT2D eigenvalue weighted by molar-refractivity contribution is 6.04. The molecular formula is C30H28FN7O2. The molecule has 2 amide bonds. The molecule has 0 saturated carbocycles. The molecule has 40 heavy (non-hydrogen) atoms. The van der Waals surface area contributed by atoms with Crippen LogP contribution in [-0.2, 0) is 11.3 Å². The van der Waals surface area contributed by atoms with Gasteiger partial charge in [0.25, 0.3) is 11.8 Å². The number of piperazine rings is 1. The molecule has 9 nitrogen and oxygen atoms in total. The van der Waals surface area contributed by atoms with Crippen molar-refractivity contribution in [3.8, 4) is 11.1 Å². The van der Waals surface area contributed by atoms with Crippen LogP contribution >= 0.6 is 0 Å². The number of amides is 2. The zero-order chi connectivity index (χ0) is 27.6. The summed E-state index contributed by atoms with van der Waals surface area (Å²) >= 11 is 0. The SMILES string of the molecule is CN1CCN(c2ccc(-c3cnc4c(c3)C(=O)N(C(C(=O)Nc3ccccn3)c3cccc(F)c3)C4)cn2)CC1. The topological polar surface area (TPSA) is 94.6 Å². The maximum absolute atomic E-state index is 14.2. The molecule has 6 rings (SSSR count). The van der Waals surface area contributed by atoms with Gasteiger partial charge in [-0.05, 0) is 55.1 Å². The van der Waals surface area contributed by atoms with Crippen molar-refractivity contribution in [2.75, 3.05) is 43.4 Å². The van der Waals surface area contributed by atoms with Crippen molar-refractivity contribution in [1.29, 1.82) is 0 Å². The van der Waals surface area contributed by atoms with Crippen LogP contribution in [0.2, 0.25) is 0 Å². The van der Waals surface area contributed by atoms with Crippen molar-refractivity contribution in [2.45, 2.75) is 12.6 Å². The number of likely N-dealkylation sites (N-methyl/N-ethyl adjacent to an activating group) is 1. The third kappa shape index (κ3) is 5.13. The number of anilines is 2.